The predicted octanol–water partition coefficient (Wildman–Crippen LogP) is 1.33. The summed E-state index contributed by atoms with van der Waals surface area (Å²) in [5, 5.41) is 5.87. The number of amides is 1. The van der Waals surface area contributed by atoms with Crippen molar-refractivity contribution < 1.29 is 4.79 Å². The number of carbonyl (C=O) groups is 1. The zero-order valence-electron chi connectivity index (χ0n) is 10.5. The van der Waals surface area contributed by atoms with Gasteiger partial charge < -0.3 is 10.6 Å². The SMILES string of the molecule is CNCC(=O)NCC1C2Cc3ccccc3C12.Cl. The van der Waals surface area contributed by atoms with E-state index in [1.165, 1.54) is 17.5 Å². The van der Waals surface area contributed by atoms with E-state index in [-0.39, 0.29) is 18.3 Å². The number of fused-ring (bicyclic) bond motifs is 3. The summed E-state index contributed by atoms with van der Waals surface area (Å²) in [5.74, 6) is 2.26. The van der Waals surface area contributed by atoms with E-state index < -0.39 is 0 Å². The topological polar surface area (TPSA) is 41.1 Å². The second-order valence-corrected chi connectivity index (χ2v) is 5.09. The molecule has 4 heteroatoms. The molecule has 0 heterocycles. The Labute approximate surface area is 114 Å². The molecule has 0 aromatic heterocycles. The number of likely N-dealkylation sites (N-methyl/N-ethyl adjacent to an activating group) is 1. The van der Waals surface area contributed by atoms with Gasteiger partial charge >= 0.3 is 0 Å². The number of nitrogens with one attached hydrogen (secondary N) is 2. The molecule has 1 amide bonds. The minimum atomic E-state index is 0. The molecule has 2 N–H and O–H groups in total. The third-order valence-corrected chi connectivity index (χ3v) is 4.07. The molecule has 1 aromatic carbocycles. The van der Waals surface area contributed by atoms with E-state index in [2.05, 4.69) is 34.9 Å². The van der Waals surface area contributed by atoms with Crippen molar-refractivity contribution >= 4 is 18.3 Å². The Morgan fingerprint density at radius 1 is 1.39 bits per heavy atom. The molecule has 2 aliphatic rings. The number of halogens is 1. The molecule has 1 saturated carbocycles. The monoisotopic (exact) mass is 266 g/mol. The average Bonchev–Trinajstić information content (AvgIpc) is 2.87. The van der Waals surface area contributed by atoms with E-state index in [1.807, 2.05) is 0 Å². The smallest absolute Gasteiger partial charge is 0.233 e. The fraction of sp³-hybridized carbons (Fsp3) is 0.500. The van der Waals surface area contributed by atoms with E-state index >= 15 is 0 Å². The van der Waals surface area contributed by atoms with Crippen LogP contribution in [0.5, 0.6) is 0 Å². The molecule has 0 saturated heterocycles. The molecule has 3 unspecified atom stereocenters. The zero-order valence-corrected chi connectivity index (χ0v) is 11.3. The van der Waals surface area contributed by atoms with Crippen molar-refractivity contribution in [3.8, 4) is 0 Å². The molecule has 3 nitrogen and oxygen atoms in total. The lowest BCUT2D eigenvalue weighted by atomic mass is 10.0. The first-order valence-electron chi connectivity index (χ1n) is 6.30. The van der Waals surface area contributed by atoms with Gasteiger partial charge in [0.15, 0.2) is 0 Å². The minimum absolute atomic E-state index is 0. The van der Waals surface area contributed by atoms with E-state index in [0.717, 1.165) is 12.5 Å². The first-order valence-corrected chi connectivity index (χ1v) is 6.30. The highest BCUT2D eigenvalue weighted by molar-refractivity contribution is 5.85. The molecular weight excluding hydrogens is 248 g/mol. The van der Waals surface area contributed by atoms with Crippen molar-refractivity contribution in [2.45, 2.75) is 12.3 Å². The number of hydrogen-bond acceptors (Lipinski definition) is 2. The van der Waals surface area contributed by atoms with Gasteiger partial charge in [0.05, 0.1) is 6.54 Å². The summed E-state index contributed by atoms with van der Waals surface area (Å²) in [6.45, 7) is 1.25. The van der Waals surface area contributed by atoms with Gasteiger partial charge in [-0.05, 0) is 42.3 Å². The Kier molecular flexibility index (Phi) is 3.93. The van der Waals surface area contributed by atoms with Crippen molar-refractivity contribution in [2.24, 2.45) is 11.8 Å². The predicted molar refractivity (Wildman–Crippen MR) is 74.1 cm³/mol. The van der Waals surface area contributed by atoms with Crippen LogP contribution in [-0.4, -0.2) is 26.0 Å². The van der Waals surface area contributed by atoms with Crippen molar-refractivity contribution in [3.63, 3.8) is 0 Å². The highest BCUT2D eigenvalue weighted by atomic mass is 35.5. The van der Waals surface area contributed by atoms with Crippen LogP contribution in [0.15, 0.2) is 24.3 Å². The Hall–Kier alpha value is -1.06. The molecule has 1 fully saturated rings. The number of carbonyl (C=O) groups excluding carboxylic acids is 1. The molecule has 0 aliphatic heterocycles. The van der Waals surface area contributed by atoms with Gasteiger partial charge in [0.25, 0.3) is 0 Å². The van der Waals surface area contributed by atoms with Crippen LogP contribution in [0, 0.1) is 11.8 Å². The fourth-order valence-electron chi connectivity index (χ4n) is 3.22. The van der Waals surface area contributed by atoms with Crippen LogP contribution in [0.1, 0.15) is 17.0 Å². The van der Waals surface area contributed by atoms with Crippen LogP contribution in [0.2, 0.25) is 0 Å². The lowest BCUT2D eigenvalue weighted by molar-refractivity contribution is -0.120. The van der Waals surface area contributed by atoms with Gasteiger partial charge in [-0.15, -0.1) is 12.4 Å². The number of hydrogen-bond donors (Lipinski definition) is 2. The highest BCUT2D eigenvalue weighted by Gasteiger charge is 2.54. The summed E-state index contributed by atoms with van der Waals surface area (Å²) < 4.78 is 0. The minimum Gasteiger partial charge on any atom is -0.355 e. The first kappa shape index (κ1) is 13.4. The molecule has 3 atom stereocenters. The Morgan fingerprint density at radius 3 is 2.94 bits per heavy atom. The Bertz CT molecular complexity index is 449. The second kappa shape index (κ2) is 5.29. The van der Waals surface area contributed by atoms with Gasteiger partial charge in [0.2, 0.25) is 5.91 Å². The Morgan fingerprint density at radius 2 is 2.17 bits per heavy atom. The molecule has 1 aromatic rings. The van der Waals surface area contributed by atoms with Crippen molar-refractivity contribution in [1.29, 1.82) is 0 Å². The van der Waals surface area contributed by atoms with Gasteiger partial charge in [0.1, 0.15) is 0 Å². The Balaban J connectivity index is 0.00000120. The van der Waals surface area contributed by atoms with Crippen LogP contribution < -0.4 is 10.6 Å². The molecular formula is C14H19ClN2O. The summed E-state index contributed by atoms with van der Waals surface area (Å²) in [4.78, 5) is 11.4. The summed E-state index contributed by atoms with van der Waals surface area (Å²) in [6, 6.07) is 8.72. The van der Waals surface area contributed by atoms with Gasteiger partial charge in [-0.1, -0.05) is 24.3 Å². The first-order chi connectivity index (χ1) is 8.31. The molecule has 3 rings (SSSR count). The van der Waals surface area contributed by atoms with Gasteiger partial charge in [-0.2, -0.15) is 0 Å². The largest absolute Gasteiger partial charge is 0.355 e. The molecule has 0 spiro atoms. The maximum atomic E-state index is 11.4. The maximum absolute atomic E-state index is 11.4. The van der Waals surface area contributed by atoms with E-state index in [4.69, 9.17) is 0 Å². The van der Waals surface area contributed by atoms with E-state index in [1.54, 1.807) is 7.05 Å². The fourth-order valence-corrected chi connectivity index (χ4v) is 3.22. The van der Waals surface area contributed by atoms with Crippen LogP contribution in [0.25, 0.3) is 0 Å². The van der Waals surface area contributed by atoms with E-state index in [9.17, 15) is 4.79 Å². The molecule has 0 bridgehead atoms. The van der Waals surface area contributed by atoms with Crippen LogP contribution in [0.4, 0.5) is 0 Å². The molecule has 18 heavy (non-hydrogen) atoms. The van der Waals surface area contributed by atoms with Crippen molar-refractivity contribution in [2.75, 3.05) is 20.1 Å². The van der Waals surface area contributed by atoms with Gasteiger partial charge in [-0.3, -0.25) is 4.79 Å². The van der Waals surface area contributed by atoms with Crippen LogP contribution in [-0.2, 0) is 11.2 Å². The lowest BCUT2D eigenvalue weighted by Gasteiger charge is -2.08. The van der Waals surface area contributed by atoms with E-state index in [0.29, 0.717) is 18.4 Å². The van der Waals surface area contributed by atoms with Crippen LogP contribution in [0.3, 0.4) is 0 Å². The number of rotatable bonds is 4. The normalized spacial score (nSPS) is 26.8. The van der Waals surface area contributed by atoms with Gasteiger partial charge in [0, 0.05) is 6.54 Å². The van der Waals surface area contributed by atoms with Gasteiger partial charge in [-0.25, -0.2) is 0 Å². The summed E-state index contributed by atoms with van der Waals surface area (Å²) in [5.41, 5.74) is 3.03. The average molecular weight is 267 g/mol. The summed E-state index contributed by atoms with van der Waals surface area (Å²) >= 11 is 0. The lowest BCUT2D eigenvalue weighted by Crippen LogP contribution is -2.33. The van der Waals surface area contributed by atoms with Crippen molar-refractivity contribution in [3.05, 3.63) is 35.4 Å². The zero-order chi connectivity index (χ0) is 11.8. The standard InChI is InChI=1S/C14H18N2O.ClH/c1-15-8-13(17)16-7-12-11-6-9-4-2-3-5-10(9)14(11)12;/h2-5,11-12,14-15H,6-8H2,1H3,(H,16,17);1H. The third-order valence-electron chi connectivity index (χ3n) is 4.07. The second-order valence-electron chi connectivity index (χ2n) is 5.09. The molecule has 0 radical (unpaired) electrons. The van der Waals surface area contributed by atoms with Crippen LogP contribution >= 0.6 is 12.4 Å². The number of benzene rings is 1. The van der Waals surface area contributed by atoms with Crippen molar-refractivity contribution in [1.82, 2.24) is 10.6 Å². The third kappa shape index (κ3) is 2.25. The highest BCUT2D eigenvalue weighted by Crippen LogP contribution is 2.60. The maximum Gasteiger partial charge on any atom is 0.233 e. The quantitative estimate of drug-likeness (QED) is 0.863. The molecule has 2 aliphatic carbocycles. The summed E-state index contributed by atoms with van der Waals surface area (Å²) in [7, 11) is 1.79. The summed E-state index contributed by atoms with van der Waals surface area (Å²) in [6.07, 6.45) is 1.20. The molecule has 98 valence electrons.